The molecule has 0 saturated carbocycles. The maximum atomic E-state index is 9.95. The van der Waals surface area contributed by atoms with Crippen molar-refractivity contribution in [3.05, 3.63) is 29.8 Å². The Morgan fingerprint density at radius 3 is 2.86 bits per heavy atom. The average molecular weight is 191 g/mol. The van der Waals surface area contributed by atoms with Crippen LogP contribution in [0.1, 0.15) is 18.1 Å². The fourth-order valence-electron chi connectivity index (χ4n) is 2.21. The van der Waals surface area contributed by atoms with Gasteiger partial charge in [0.2, 0.25) is 0 Å². The van der Waals surface area contributed by atoms with E-state index in [2.05, 4.69) is 5.32 Å². The van der Waals surface area contributed by atoms with Crippen LogP contribution in [0.5, 0.6) is 5.75 Å². The van der Waals surface area contributed by atoms with E-state index in [1.54, 1.807) is 0 Å². The minimum absolute atomic E-state index is 0.145. The number of hydrogen-bond acceptors (Lipinski definition) is 3. The molecule has 3 nitrogen and oxygen atoms in total. The summed E-state index contributed by atoms with van der Waals surface area (Å²) in [6.07, 6.45) is 0.332. The van der Waals surface area contributed by atoms with E-state index in [0.717, 1.165) is 24.4 Å². The summed E-state index contributed by atoms with van der Waals surface area (Å²) in [7, 11) is 0. The molecule has 0 amide bonds. The fraction of sp³-hybridized carbons (Fsp3) is 0.455. The summed E-state index contributed by atoms with van der Waals surface area (Å²) in [5, 5.41) is 13.1. The number of fused-ring (bicyclic) bond motifs is 1. The molecule has 1 aromatic rings. The summed E-state index contributed by atoms with van der Waals surface area (Å²) in [6, 6.07) is 7.73. The summed E-state index contributed by atoms with van der Waals surface area (Å²) >= 11 is 0. The van der Waals surface area contributed by atoms with Crippen LogP contribution in [0.4, 0.5) is 0 Å². The zero-order chi connectivity index (χ0) is 9.60. The van der Waals surface area contributed by atoms with Crippen molar-refractivity contribution in [1.82, 2.24) is 5.32 Å². The van der Waals surface area contributed by atoms with Gasteiger partial charge in [0, 0.05) is 25.1 Å². The highest BCUT2D eigenvalue weighted by molar-refractivity contribution is 5.38. The van der Waals surface area contributed by atoms with Crippen molar-refractivity contribution in [2.45, 2.75) is 18.1 Å². The lowest BCUT2D eigenvalue weighted by Crippen LogP contribution is -2.64. The molecule has 1 fully saturated rings. The van der Waals surface area contributed by atoms with Gasteiger partial charge in [-0.2, -0.15) is 0 Å². The van der Waals surface area contributed by atoms with Crippen LogP contribution < -0.4 is 10.1 Å². The molecule has 0 aliphatic carbocycles. The van der Waals surface area contributed by atoms with Gasteiger partial charge in [-0.15, -0.1) is 0 Å². The highest BCUT2D eigenvalue weighted by atomic mass is 16.5. The van der Waals surface area contributed by atoms with Crippen LogP contribution in [0.15, 0.2) is 24.3 Å². The second-order valence-electron chi connectivity index (χ2n) is 4.15. The number of aliphatic hydroxyl groups excluding tert-OH is 1. The van der Waals surface area contributed by atoms with Gasteiger partial charge in [-0.05, 0) is 6.07 Å². The molecule has 3 rings (SSSR count). The first-order valence-corrected chi connectivity index (χ1v) is 4.96. The van der Waals surface area contributed by atoms with E-state index >= 15 is 0 Å². The third kappa shape index (κ3) is 1.06. The minimum Gasteiger partial charge on any atom is -0.484 e. The van der Waals surface area contributed by atoms with Gasteiger partial charge in [-0.1, -0.05) is 18.2 Å². The van der Waals surface area contributed by atoms with Crippen LogP contribution in [-0.4, -0.2) is 23.8 Å². The number of nitrogens with one attached hydrogen (secondary N) is 1. The van der Waals surface area contributed by atoms with Crippen LogP contribution >= 0.6 is 0 Å². The van der Waals surface area contributed by atoms with E-state index in [-0.39, 0.29) is 11.7 Å². The second kappa shape index (κ2) is 2.72. The van der Waals surface area contributed by atoms with E-state index in [9.17, 15) is 5.11 Å². The largest absolute Gasteiger partial charge is 0.484 e. The summed E-state index contributed by atoms with van der Waals surface area (Å²) < 4.78 is 5.90. The smallest absolute Gasteiger partial charge is 0.136 e. The van der Waals surface area contributed by atoms with Gasteiger partial charge in [0.1, 0.15) is 11.4 Å². The number of rotatable bonds is 0. The molecule has 1 unspecified atom stereocenters. The van der Waals surface area contributed by atoms with E-state index in [1.807, 2.05) is 24.3 Å². The summed E-state index contributed by atoms with van der Waals surface area (Å²) in [5.74, 6) is 0.841. The van der Waals surface area contributed by atoms with Gasteiger partial charge >= 0.3 is 0 Å². The Morgan fingerprint density at radius 1 is 1.36 bits per heavy atom. The molecule has 2 aliphatic rings. The molecule has 1 spiro atoms. The number of hydrogen-bond donors (Lipinski definition) is 2. The summed E-state index contributed by atoms with van der Waals surface area (Å²) in [6.45, 7) is 1.69. The SMILES string of the molecule is OC1CC2(CNC2)Oc2ccccc21. The van der Waals surface area contributed by atoms with Gasteiger partial charge < -0.3 is 15.2 Å². The van der Waals surface area contributed by atoms with E-state index < -0.39 is 0 Å². The zero-order valence-electron chi connectivity index (χ0n) is 7.86. The molecule has 2 aliphatic heterocycles. The van der Waals surface area contributed by atoms with Gasteiger partial charge in [-0.25, -0.2) is 0 Å². The first-order valence-electron chi connectivity index (χ1n) is 4.96. The Hall–Kier alpha value is -1.06. The first kappa shape index (κ1) is 8.26. The van der Waals surface area contributed by atoms with Crippen LogP contribution in [0.2, 0.25) is 0 Å². The zero-order valence-corrected chi connectivity index (χ0v) is 7.86. The molecule has 2 heterocycles. The van der Waals surface area contributed by atoms with Crippen molar-refractivity contribution in [3.63, 3.8) is 0 Å². The van der Waals surface area contributed by atoms with Crippen molar-refractivity contribution in [1.29, 1.82) is 0 Å². The van der Waals surface area contributed by atoms with E-state index in [1.165, 1.54) is 0 Å². The Labute approximate surface area is 82.7 Å². The van der Waals surface area contributed by atoms with Crippen molar-refractivity contribution >= 4 is 0 Å². The monoisotopic (exact) mass is 191 g/mol. The fourth-order valence-corrected chi connectivity index (χ4v) is 2.21. The number of benzene rings is 1. The van der Waals surface area contributed by atoms with Crippen LogP contribution in [0.3, 0.4) is 0 Å². The molecular weight excluding hydrogens is 178 g/mol. The average Bonchev–Trinajstić information content (AvgIpc) is 2.15. The third-order valence-electron chi connectivity index (χ3n) is 3.06. The van der Waals surface area contributed by atoms with Crippen LogP contribution in [0.25, 0.3) is 0 Å². The van der Waals surface area contributed by atoms with Crippen molar-refractivity contribution in [2.75, 3.05) is 13.1 Å². The Morgan fingerprint density at radius 2 is 2.14 bits per heavy atom. The normalized spacial score (nSPS) is 27.6. The maximum absolute atomic E-state index is 9.95. The molecule has 0 radical (unpaired) electrons. The lowest BCUT2D eigenvalue weighted by Gasteiger charge is -2.47. The maximum Gasteiger partial charge on any atom is 0.136 e. The predicted octanol–water partition coefficient (Wildman–Crippen LogP) is 0.845. The molecule has 0 bridgehead atoms. The van der Waals surface area contributed by atoms with Gasteiger partial charge in [0.25, 0.3) is 0 Å². The lowest BCUT2D eigenvalue weighted by atomic mass is 9.84. The molecule has 14 heavy (non-hydrogen) atoms. The number of para-hydroxylation sites is 1. The Balaban J connectivity index is 2.00. The van der Waals surface area contributed by atoms with Crippen molar-refractivity contribution in [3.8, 4) is 5.75 Å². The molecular formula is C11H13NO2. The predicted molar refractivity (Wildman–Crippen MR) is 52.2 cm³/mol. The molecule has 3 heteroatoms. The van der Waals surface area contributed by atoms with E-state index in [4.69, 9.17) is 4.74 Å². The third-order valence-corrected chi connectivity index (χ3v) is 3.06. The Bertz CT molecular complexity index is 360. The van der Waals surface area contributed by atoms with Crippen LogP contribution in [0, 0.1) is 0 Å². The highest BCUT2D eigenvalue weighted by Crippen LogP contribution is 2.40. The molecule has 1 atom stereocenters. The molecule has 74 valence electrons. The molecule has 2 N–H and O–H groups in total. The summed E-state index contributed by atoms with van der Waals surface area (Å²) in [4.78, 5) is 0. The quantitative estimate of drug-likeness (QED) is 0.638. The number of ether oxygens (including phenoxy) is 1. The lowest BCUT2D eigenvalue weighted by molar-refractivity contribution is -0.0482. The highest BCUT2D eigenvalue weighted by Gasteiger charge is 2.45. The van der Waals surface area contributed by atoms with Gasteiger partial charge in [0.15, 0.2) is 0 Å². The van der Waals surface area contributed by atoms with Gasteiger partial charge in [-0.3, -0.25) is 0 Å². The van der Waals surface area contributed by atoms with Gasteiger partial charge in [0.05, 0.1) is 6.10 Å². The Kier molecular flexibility index (Phi) is 1.60. The minimum atomic E-state index is -0.373. The van der Waals surface area contributed by atoms with Crippen LogP contribution in [-0.2, 0) is 0 Å². The first-order chi connectivity index (χ1) is 6.79. The molecule has 0 aromatic heterocycles. The van der Waals surface area contributed by atoms with Crippen molar-refractivity contribution in [2.24, 2.45) is 0 Å². The number of aliphatic hydroxyl groups is 1. The molecule has 1 saturated heterocycles. The standard InChI is InChI=1S/C11H13NO2/c13-9-5-11(6-12-7-11)14-10-4-2-1-3-8(9)10/h1-4,9,12-13H,5-7H2. The molecule has 1 aromatic carbocycles. The van der Waals surface area contributed by atoms with E-state index in [0.29, 0.717) is 6.42 Å². The van der Waals surface area contributed by atoms with Crippen molar-refractivity contribution < 1.29 is 9.84 Å². The topological polar surface area (TPSA) is 41.5 Å². The summed E-state index contributed by atoms with van der Waals surface area (Å²) in [5.41, 5.74) is 0.776. The second-order valence-corrected chi connectivity index (χ2v) is 4.15.